The minimum atomic E-state index is -4.55. The average molecular weight is 276 g/mol. The van der Waals surface area contributed by atoms with Crippen LogP contribution in [0.4, 0.5) is 13.2 Å². The molecule has 2 rings (SSSR count). The number of halogens is 4. The summed E-state index contributed by atoms with van der Waals surface area (Å²) in [6, 6.07) is 5.46. The molecule has 1 aliphatic rings. The number of aliphatic hydroxyl groups is 1. The van der Waals surface area contributed by atoms with E-state index in [1.807, 2.05) is 6.07 Å². The lowest BCUT2D eigenvalue weighted by molar-refractivity contribution is -0.137. The average Bonchev–Trinajstić information content (AvgIpc) is 3.03. The summed E-state index contributed by atoms with van der Waals surface area (Å²) in [5.41, 5.74) is -1.68. The van der Waals surface area contributed by atoms with Gasteiger partial charge in [-0.25, -0.2) is 0 Å². The van der Waals surface area contributed by atoms with Gasteiger partial charge >= 0.3 is 6.18 Å². The highest BCUT2D eigenvalue weighted by atomic mass is 35.5. The Balaban J connectivity index is 2.47. The van der Waals surface area contributed by atoms with E-state index >= 15 is 0 Å². The molecular formula is C12H9ClF3NO. The molecule has 18 heavy (non-hydrogen) atoms. The van der Waals surface area contributed by atoms with Crippen LogP contribution >= 0.6 is 11.6 Å². The van der Waals surface area contributed by atoms with Crippen molar-refractivity contribution < 1.29 is 18.3 Å². The van der Waals surface area contributed by atoms with Crippen LogP contribution < -0.4 is 0 Å². The van der Waals surface area contributed by atoms with E-state index in [1.165, 1.54) is 6.07 Å². The van der Waals surface area contributed by atoms with E-state index in [1.54, 1.807) is 0 Å². The van der Waals surface area contributed by atoms with Crippen LogP contribution in [0.2, 0.25) is 5.02 Å². The molecule has 0 radical (unpaired) electrons. The molecule has 1 N–H and O–H groups in total. The molecule has 0 saturated heterocycles. The summed E-state index contributed by atoms with van der Waals surface area (Å²) in [7, 11) is 0. The Bertz CT molecular complexity index is 523. The molecule has 6 heteroatoms. The fraction of sp³-hybridized carbons (Fsp3) is 0.417. The number of rotatable bonds is 2. The number of nitrogens with zero attached hydrogens (tertiary/aromatic N) is 1. The third-order valence-corrected chi connectivity index (χ3v) is 3.64. The van der Waals surface area contributed by atoms with Gasteiger partial charge in [0.05, 0.1) is 22.1 Å². The zero-order chi connectivity index (χ0) is 13.6. The standard InChI is InChI=1S/C12H9ClF3NO/c13-10-2-1-7(3-9(10)12(14,15)16)11(6-17)4-8(11)5-18/h1-3,8,18H,4-5H2/t8-,11+/m1/s1. The molecule has 1 aromatic carbocycles. The van der Waals surface area contributed by atoms with Gasteiger partial charge in [0, 0.05) is 12.5 Å². The Morgan fingerprint density at radius 1 is 1.50 bits per heavy atom. The van der Waals surface area contributed by atoms with Crippen molar-refractivity contribution in [2.24, 2.45) is 5.92 Å². The first-order valence-electron chi connectivity index (χ1n) is 5.24. The largest absolute Gasteiger partial charge is 0.417 e. The van der Waals surface area contributed by atoms with Crippen LogP contribution in [0.3, 0.4) is 0 Å². The predicted octanol–water partition coefficient (Wildman–Crippen LogP) is 3.13. The van der Waals surface area contributed by atoms with Crippen LogP contribution in [-0.4, -0.2) is 11.7 Å². The number of alkyl halides is 3. The van der Waals surface area contributed by atoms with Gasteiger partial charge in [-0.15, -0.1) is 0 Å². The summed E-state index contributed by atoms with van der Waals surface area (Å²) in [5.74, 6) is -0.301. The molecule has 0 aliphatic heterocycles. The Hall–Kier alpha value is -1.25. The first-order chi connectivity index (χ1) is 8.35. The number of aliphatic hydroxyl groups excluding tert-OH is 1. The number of hydrogen-bond donors (Lipinski definition) is 1. The van der Waals surface area contributed by atoms with Gasteiger partial charge in [-0.05, 0) is 24.1 Å². The van der Waals surface area contributed by atoms with Gasteiger partial charge in [-0.1, -0.05) is 17.7 Å². The van der Waals surface area contributed by atoms with Gasteiger partial charge in [0.15, 0.2) is 0 Å². The van der Waals surface area contributed by atoms with Crippen LogP contribution in [-0.2, 0) is 11.6 Å². The van der Waals surface area contributed by atoms with Crippen molar-refractivity contribution in [3.63, 3.8) is 0 Å². The highest BCUT2D eigenvalue weighted by molar-refractivity contribution is 6.31. The van der Waals surface area contributed by atoms with E-state index in [0.717, 1.165) is 12.1 Å². The summed E-state index contributed by atoms with van der Waals surface area (Å²) in [6.07, 6.45) is -4.17. The Morgan fingerprint density at radius 2 is 2.17 bits per heavy atom. The SMILES string of the molecule is N#C[C@]1(c2ccc(Cl)c(C(F)(F)F)c2)C[C@@H]1CO. The fourth-order valence-electron chi connectivity index (χ4n) is 2.13. The van der Waals surface area contributed by atoms with E-state index in [4.69, 9.17) is 22.0 Å². The maximum Gasteiger partial charge on any atom is 0.417 e. The Kier molecular flexibility index (Phi) is 3.04. The van der Waals surface area contributed by atoms with Crippen molar-refractivity contribution in [3.05, 3.63) is 34.3 Å². The molecule has 0 bridgehead atoms. The molecule has 1 saturated carbocycles. The van der Waals surface area contributed by atoms with E-state index < -0.39 is 17.2 Å². The van der Waals surface area contributed by atoms with Crippen LogP contribution in [0.15, 0.2) is 18.2 Å². The second kappa shape index (κ2) is 4.15. The maximum atomic E-state index is 12.7. The first-order valence-corrected chi connectivity index (χ1v) is 5.62. The minimum absolute atomic E-state index is 0.211. The fourth-order valence-corrected chi connectivity index (χ4v) is 2.35. The lowest BCUT2D eigenvalue weighted by atomic mass is 9.93. The Labute approximate surface area is 107 Å². The van der Waals surface area contributed by atoms with Crippen LogP contribution in [0.1, 0.15) is 17.5 Å². The molecule has 0 spiro atoms. The van der Waals surface area contributed by atoms with E-state index in [9.17, 15) is 13.2 Å². The summed E-state index contributed by atoms with van der Waals surface area (Å²) in [5, 5.41) is 17.7. The highest BCUT2D eigenvalue weighted by Crippen LogP contribution is 2.54. The van der Waals surface area contributed by atoms with E-state index in [-0.39, 0.29) is 23.1 Å². The number of benzene rings is 1. The second-order valence-corrected chi connectivity index (χ2v) is 4.77. The van der Waals surface area contributed by atoms with Gasteiger partial charge < -0.3 is 5.11 Å². The molecule has 0 amide bonds. The second-order valence-electron chi connectivity index (χ2n) is 4.36. The van der Waals surface area contributed by atoms with Gasteiger partial charge in [0.1, 0.15) is 0 Å². The molecule has 0 heterocycles. The molecule has 2 nitrogen and oxygen atoms in total. The molecule has 0 aromatic heterocycles. The smallest absolute Gasteiger partial charge is 0.396 e. The summed E-state index contributed by atoms with van der Waals surface area (Å²) in [4.78, 5) is 0. The normalized spacial score (nSPS) is 26.8. The van der Waals surface area contributed by atoms with Crippen molar-refractivity contribution in [3.8, 4) is 6.07 Å². The molecule has 1 aromatic rings. The third-order valence-electron chi connectivity index (χ3n) is 3.31. The lowest BCUT2D eigenvalue weighted by Crippen LogP contribution is -2.13. The molecular weight excluding hydrogens is 267 g/mol. The quantitative estimate of drug-likeness (QED) is 0.901. The van der Waals surface area contributed by atoms with Crippen LogP contribution in [0.5, 0.6) is 0 Å². The van der Waals surface area contributed by atoms with Crippen LogP contribution in [0.25, 0.3) is 0 Å². The maximum absolute atomic E-state index is 12.7. The number of nitriles is 1. The van der Waals surface area contributed by atoms with Crippen LogP contribution in [0, 0.1) is 17.2 Å². The topological polar surface area (TPSA) is 44.0 Å². The van der Waals surface area contributed by atoms with Gasteiger partial charge in [0.2, 0.25) is 0 Å². The van der Waals surface area contributed by atoms with Crippen molar-refractivity contribution in [1.82, 2.24) is 0 Å². The molecule has 2 atom stereocenters. The van der Waals surface area contributed by atoms with Gasteiger partial charge in [0.25, 0.3) is 0 Å². The zero-order valence-corrected chi connectivity index (χ0v) is 9.89. The molecule has 0 unspecified atom stereocenters. The predicted molar refractivity (Wildman–Crippen MR) is 58.9 cm³/mol. The van der Waals surface area contributed by atoms with Gasteiger partial charge in [-0.3, -0.25) is 0 Å². The minimum Gasteiger partial charge on any atom is -0.396 e. The highest BCUT2D eigenvalue weighted by Gasteiger charge is 2.56. The summed E-state index contributed by atoms with van der Waals surface area (Å²) >= 11 is 5.51. The summed E-state index contributed by atoms with van der Waals surface area (Å²) < 4.78 is 38.1. The van der Waals surface area contributed by atoms with E-state index in [0.29, 0.717) is 6.42 Å². The van der Waals surface area contributed by atoms with Gasteiger partial charge in [-0.2, -0.15) is 18.4 Å². The number of hydrogen-bond acceptors (Lipinski definition) is 2. The first kappa shape index (κ1) is 13.2. The zero-order valence-electron chi connectivity index (χ0n) is 9.13. The van der Waals surface area contributed by atoms with Crippen molar-refractivity contribution in [1.29, 1.82) is 5.26 Å². The molecule has 1 aliphatic carbocycles. The molecule has 96 valence electrons. The molecule has 1 fully saturated rings. The third kappa shape index (κ3) is 1.96. The monoisotopic (exact) mass is 275 g/mol. The Morgan fingerprint density at radius 3 is 2.61 bits per heavy atom. The summed E-state index contributed by atoms with van der Waals surface area (Å²) in [6.45, 7) is -0.211. The lowest BCUT2D eigenvalue weighted by Gasteiger charge is -2.14. The van der Waals surface area contributed by atoms with Crippen molar-refractivity contribution in [2.75, 3.05) is 6.61 Å². The van der Waals surface area contributed by atoms with E-state index in [2.05, 4.69) is 0 Å². The van der Waals surface area contributed by atoms with Crippen molar-refractivity contribution in [2.45, 2.75) is 18.0 Å². The van der Waals surface area contributed by atoms with Crippen molar-refractivity contribution >= 4 is 11.6 Å².